The van der Waals surface area contributed by atoms with Crippen LogP contribution in [0, 0.1) is 5.21 Å². The minimum absolute atomic E-state index is 0.0330. The lowest BCUT2D eigenvalue weighted by Crippen LogP contribution is -2.12. The first-order valence-electron chi connectivity index (χ1n) is 7.74. The van der Waals surface area contributed by atoms with Gasteiger partial charge in [0.25, 0.3) is 0 Å². The van der Waals surface area contributed by atoms with Crippen LogP contribution >= 0.6 is 0 Å². The number of halogens is 3. The van der Waals surface area contributed by atoms with E-state index < -0.39 is 21.9 Å². The number of hydrogen-bond donors (Lipinski definition) is 2. The number of alkyl halides is 3. The predicted molar refractivity (Wildman–Crippen MR) is 92.9 cm³/mol. The summed E-state index contributed by atoms with van der Waals surface area (Å²) in [6.07, 6.45) is -4.72. The Morgan fingerprint density at radius 2 is 1.69 bits per heavy atom. The van der Waals surface area contributed by atoms with Gasteiger partial charge >= 0.3 is 6.18 Å². The molecule has 0 saturated heterocycles. The summed E-state index contributed by atoms with van der Waals surface area (Å²) < 4.78 is 63.3. The number of hydrogen-bond acceptors (Lipinski definition) is 5. The van der Waals surface area contributed by atoms with Crippen LogP contribution in [0.3, 0.4) is 0 Å². The van der Waals surface area contributed by atoms with E-state index in [1.165, 1.54) is 36.4 Å². The van der Waals surface area contributed by atoms with Crippen molar-refractivity contribution in [1.82, 2.24) is 9.78 Å². The van der Waals surface area contributed by atoms with Gasteiger partial charge in [-0.15, -0.1) is 0 Å². The maximum absolute atomic E-state index is 13.2. The molecule has 0 amide bonds. The van der Waals surface area contributed by atoms with Crippen molar-refractivity contribution in [3.05, 3.63) is 65.5 Å². The molecule has 3 rings (SSSR count). The molecule has 0 aliphatic carbocycles. The number of nitrogens with two attached hydrogens (primary N) is 1. The summed E-state index contributed by atoms with van der Waals surface area (Å²) in [6.45, 7) is 0. The van der Waals surface area contributed by atoms with Crippen LogP contribution in [0.15, 0.2) is 64.8 Å². The standard InChI is InChI=1S/C16H12F3N5O4S/c17-16(18,19)15-9-14(10-1-3-12(4-2-10)24(26)22-25)23(21-15)11-5-7-13(8-6-11)29(20,27)28/h1-9,25H,(H2,20,27,28)/b24-22+. The lowest BCUT2D eigenvalue weighted by Gasteiger charge is -2.08. The molecule has 1 heterocycles. The topological polar surface area (TPSA) is 137 Å². The third-order valence-electron chi connectivity index (χ3n) is 3.87. The number of sulfonamides is 1. The predicted octanol–water partition coefficient (Wildman–Crippen LogP) is 3.19. The minimum atomic E-state index is -4.72. The second-order valence-electron chi connectivity index (χ2n) is 5.77. The van der Waals surface area contributed by atoms with Crippen LogP contribution in [0.4, 0.5) is 18.9 Å². The Hall–Kier alpha value is -3.45. The smallest absolute Gasteiger partial charge is 0.435 e. The third-order valence-corrected chi connectivity index (χ3v) is 4.80. The number of primary sulfonamides is 1. The molecule has 13 heteroatoms. The highest BCUT2D eigenvalue weighted by atomic mass is 32.2. The Morgan fingerprint density at radius 3 is 2.17 bits per heavy atom. The van der Waals surface area contributed by atoms with E-state index in [1.54, 1.807) is 0 Å². The van der Waals surface area contributed by atoms with Gasteiger partial charge < -0.3 is 10.4 Å². The van der Waals surface area contributed by atoms with Crippen LogP contribution in [0.1, 0.15) is 5.69 Å². The zero-order chi connectivity index (χ0) is 21.4. The second kappa shape index (κ2) is 7.18. The monoisotopic (exact) mass is 427 g/mol. The molecule has 152 valence electrons. The van der Waals surface area contributed by atoms with Crippen molar-refractivity contribution in [3.63, 3.8) is 0 Å². The SMILES string of the molecule is NS(=O)(=O)c1ccc(-n2nc(C(F)(F)F)cc2-c2ccc(/[N+]([O-])=N\O)cc2)cc1. The lowest BCUT2D eigenvalue weighted by atomic mass is 10.1. The molecule has 3 aromatic rings. The first-order valence-corrected chi connectivity index (χ1v) is 9.28. The Kier molecular flexibility index (Phi) is 5.02. The van der Waals surface area contributed by atoms with Crippen molar-refractivity contribution >= 4 is 15.7 Å². The average molecular weight is 427 g/mol. The number of aromatic nitrogens is 2. The van der Waals surface area contributed by atoms with E-state index in [0.29, 0.717) is 0 Å². The van der Waals surface area contributed by atoms with Crippen molar-refractivity contribution in [1.29, 1.82) is 0 Å². The van der Waals surface area contributed by atoms with E-state index in [4.69, 9.17) is 10.3 Å². The molecule has 1 aromatic heterocycles. The van der Waals surface area contributed by atoms with Crippen LogP contribution in [0.5, 0.6) is 0 Å². The number of nitrogens with zero attached hydrogens (tertiary/aromatic N) is 4. The van der Waals surface area contributed by atoms with Crippen molar-refractivity contribution in [3.8, 4) is 16.9 Å². The molecule has 0 radical (unpaired) electrons. The molecule has 0 aliphatic rings. The molecule has 0 atom stereocenters. The molecule has 0 unspecified atom stereocenters. The summed E-state index contributed by atoms with van der Waals surface area (Å²) in [6, 6.07) is 10.8. The van der Waals surface area contributed by atoms with Gasteiger partial charge in [-0.05, 0) is 47.3 Å². The maximum atomic E-state index is 13.2. The van der Waals surface area contributed by atoms with Crippen LogP contribution < -0.4 is 5.14 Å². The number of rotatable bonds is 4. The van der Waals surface area contributed by atoms with Crippen molar-refractivity contribution < 1.29 is 31.7 Å². The van der Waals surface area contributed by atoms with Gasteiger partial charge in [-0.2, -0.15) is 18.3 Å². The normalized spacial score (nSPS) is 12.9. The highest BCUT2D eigenvalue weighted by Crippen LogP contribution is 2.33. The fourth-order valence-electron chi connectivity index (χ4n) is 2.51. The van der Waals surface area contributed by atoms with E-state index >= 15 is 0 Å². The molecule has 0 aliphatic heterocycles. The molecule has 3 N–H and O–H groups in total. The Labute approximate surface area is 161 Å². The fraction of sp³-hybridized carbons (Fsp3) is 0.0625. The Balaban J connectivity index is 2.13. The molecular weight excluding hydrogens is 415 g/mol. The molecule has 0 saturated carbocycles. The van der Waals surface area contributed by atoms with Gasteiger partial charge in [0.05, 0.1) is 16.3 Å². The highest BCUT2D eigenvalue weighted by molar-refractivity contribution is 7.89. The summed E-state index contributed by atoms with van der Waals surface area (Å²) in [5.41, 5.74) is -0.745. The van der Waals surface area contributed by atoms with E-state index in [-0.39, 0.29) is 32.4 Å². The van der Waals surface area contributed by atoms with Gasteiger partial charge in [0.15, 0.2) is 5.69 Å². The van der Waals surface area contributed by atoms with Gasteiger partial charge in [0, 0.05) is 17.7 Å². The highest BCUT2D eigenvalue weighted by Gasteiger charge is 2.35. The average Bonchev–Trinajstić information content (AvgIpc) is 3.13. The molecule has 9 nitrogen and oxygen atoms in total. The van der Waals surface area contributed by atoms with Crippen molar-refractivity contribution in [2.24, 2.45) is 10.4 Å². The van der Waals surface area contributed by atoms with Gasteiger partial charge in [-0.3, -0.25) is 0 Å². The van der Waals surface area contributed by atoms with Crippen LogP contribution in [-0.2, 0) is 16.2 Å². The summed E-state index contributed by atoms with van der Waals surface area (Å²) in [7, 11) is -3.97. The first kappa shape index (κ1) is 20.3. The summed E-state index contributed by atoms with van der Waals surface area (Å²) >= 11 is 0. The maximum Gasteiger partial charge on any atom is 0.435 e. The van der Waals surface area contributed by atoms with E-state index in [2.05, 4.69) is 10.4 Å². The Bertz CT molecular complexity index is 1170. The largest absolute Gasteiger partial charge is 0.592 e. The molecule has 0 spiro atoms. The zero-order valence-electron chi connectivity index (χ0n) is 14.3. The molecular formula is C16H12F3N5O4S. The summed E-state index contributed by atoms with van der Waals surface area (Å²) in [5.74, 6) is 0. The van der Waals surface area contributed by atoms with Gasteiger partial charge in [0.1, 0.15) is 0 Å². The van der Waals surface area contributed by atoms with Gasteiger partial charge in [-0.25, -0.2) is 18.2 Å². The quantitative estimate of drug-likeness (QED) is 0.374. The van der Waals surface area contributed by atoms with E-state index in [9.17, 15) is 26.8 Å². The number of benzene rings is 2. The van der Waals surface area contributed by atoms with Crippen molar-refractivity contribution in [2.75, 3.05) is 0 Å². The van der Waals surface area contributed by atoms with Crippen LogP contribution in [0.25, 0.3) is 16.9 Å². The van der Waals surface area contributed by atoms with E-state index in [1.807, 2.05) is 0 Å². The zero-order valence-corrected chi connectivity index (χ0v) is 15.1. The summed E-state index contributed by atoms with van der Waals surface area (Å²) in [4.78, 5) is -0.285. The van der Waals surface area contributed by atoms with E-state index in [0.717, 1.165) is 22.9 Å². The molecule has 0 fully saturated rings. The Morgan fingerprint density at radius 1 is 1.10 bits per heavy atom. The fourth-order valence-corrected chi connectivity index (χ4v) is 3.03. The van der Waals surface area contributed by atoms with Gasteiger partial charge in [0.2, 0.25) is 21.0 Å². The van der Waals surface area contributed by atoms with Crippen LogP contribution in [-0.4, -0.2) is 28.3 Å². The van der Waals surface area contributed by atoms with Crippen LogP contribution in [0.2, 0.25) is 0 Å². The molecule has 29 heavy (non-hydrogen) atoms. The molecule has 2 aromatic carbocycles. The van der Waals surface area contributed by atoms with Gasteiger partial charge in [-0.1, -0.05) is 0 Å². The van der Waals surface area contributed by atoms with Crippen molar-refractivity contribution in [2.45, 2.75) is 11.1 Å². The first-order chi connectivity index (χ1) is 13.5. The third kappa shape index (κ3) is 4.20. The lowest BCUT2D eigenvalue weighted by molar-refractivity contribution is -0.473. The molecule has 0 bridgehead atoms. The second-order valence-corrected chi connectivity index (χ2v) is 7.33. The summed E-state index contributed by atoms with van der Waals surface area (Å²) in [5, 5.41) is 30.8. The minimum Gasteiger partial charge on any atom is -0.592 e.